The van der Waals surface area contributed by atoms with E-state index in [1.54, 1.807) is 21.3 Å². The van der Waals surface area contributed by atoms with Crippen molar-refractivity contribution in [2.24, 2.45) is 4.99 Å². The lowest BCUT2D eigenvalue weighted by atomic mass is 10.0. The summed E-state index contributed by atoms with van der Waals surface area (Å²) in [6.45, 7) is 6.72. The molecule has 1 heterocycles. The molecule has 2 aromatic carbocycles. The van der Waals surface area contributed by atoms with Gasteiger partial charge < -0.3 is 29.7 Å². The van der Waals surface area contributed by atoms with Crippen molar-refractivity contribution < 1.29 is 14.2 Å². The lowest BCUT2D eigenvalue weighted by molar-refractivity contribution is 0.223. The molecule has 1 aliphatic rings. The van der Waals surface area contributed by atoms with E-state index >= 15 is 0 Å². The van der Waals surface area contributed by atoms with Gasteiger partial charge in [0.1, 0.15) is 23.4 Å². The summed E-state index contributed by atoms with van der Waals surface area (Å²) < 4.78 is 16.8. The number of hydrogen-bond acceptors (Lipinski definition) is 5. The number of hydrogen-bond donors (Lipinski definition) is 2. The van der Waals surface area contributed by atoms with E-state index in [1.165, 1.54) is 5.56 Å². The van der Waals surface area contributed by atoms with Crippen LogP contribution < -0.4 is 29.7 Å². The summed E-state index contributed by atoms with van der Waals surface area (Å²) in [5.74, 6) is 3.33. The minimum absolute atomic E-state index is 0.0280. The van der Waals surface area contributed by atoms with Crippen LogP contribution in [0.3, 0.4) is 0 Å². The van der Waals surface area contributed by atoms with Crippen LogP contribution in [0, 0.1) is 6.92 Å². The van der Waals surface area contributed by atoms with E-state index in [1.807, 2.05) is 18.2 Å². The number of guanidine groups is 1. The van der Waals surface area contributed by atoms with Gasteiger partial charge in [0.05, 0.1) is 20.8 Å². The number of methoxy groups -OCH3 is 2. The van der Waals surface area contributed by atoms with Gasteiger partial charge in [0.15, 0.2) is 5.96 Å². The predicted molar refractivity (Wildman–Crippen MR) is 131 cm³/mol. The zero-order valence-corrected chi connectivity index (χ0v) is 19.9. The monoisotopic (exact) mass is 440 g/mol. The molecule has 1 fully saturated rings. The van der Waals surface area contributed by atoms with E-state index in [4.69, 9.17) is 14.2 Å². The third-order valence-electron chi connectivity index (χ3n) is 5.64. The first-order valence-corrected chi connectivity index (χ1v) is 11.2. The highest BCUT2D eigenvalue weighted by atomic mass is 16.5. The van der Waals surface area contributed by atoms with E-state index in [9.17, 15) is 0 Å². The Morgan fingerprint density at radius 3 is 2.34 bits per heavy atom. The summed E-state index contributed by atoms with van der Waals surface area (Å²) in [5, 5.41) is 6.95. The number of ether oxygens (including phenoxy) is 3. The van der Waals surface area contributed by atoms with Crippen molar-refractivity contribution in [1.82, 2.24) is 10.6 Å². The summed E-state index contributed by atoms with van der Waals surface area (Å²) in [6, 6.07) is 14.5. The molecule has 0 aromatic heterocycles. The van der Waals surface area contributed by atoms with Crippen molar-refractivity contribution in [1.29, 1.82) is 0 Å². The van der Waals surface area contributed by atoms with Gasteiger partial charge in [0, 0.05) is 50.1 Å². The zero-order valence-electron chi connectivity index (χ0n) is 19.9. The van der Waals surface area contributed by atoms with Gasteiger partial charge in [-0.15, -0.1) is 0 Å². The highest BCUT2D eigenvalue weighted by molar-refractivity contribution is 5.80. The molecular weight excluding hydrogens is 404 g/mol. The summed E-state index contributed by atoms with van der Waals surface area (Å²) in [5.41, 5.74) is 2.32. The Bertz CT molecular complexity index is 872. The number of benzene rings is 2. The molecule has 0 aliphatic carbocycles. The van der Waals surface area contributed by atoms with E-state index < -0.39 is 0 Å². The summed E-state index contributed by atoms with van der Waals surface area (Å²) in [7, 11) is 5.17. The first-order chi connectivity index (χ1) is 15.5. The number of rotatable bonds is 8. The molecule has 1 atom stereocenters. The van der Waals surface area contributed by atoms with Crippen molar-refractivity contribution in [3.8, 4) is 17.2 Å². The van der Waals surface area contributed by atoms with Gasteiger partial charge in [-0.25, -0.2) is 0 Å². The fourth-order valence-corrected chi connectivity index (χ4v) is 3.85. The maximum absolute atomic E-state index is 6.01. The average Bonchev–Trinajstić information content (AvgIpc) is 2.81. The first-order valence-electron chi connectivity index (χ1n) is 11.2. The van der Waals surface area contributed by atoms with Crippen LogP contribution in [0.2, 0.25) is 0 Å². The molecule has 2 aromatic rings. The first kappa shape index (κ1) is 23.6. The maximum atomic E-state index is 6.01. The minimum atomic E-state index is 0.0280. The van der Waals surface area contributed by atoms with E-state index in [0.717, 1.165) is 54.8 Å². The molecule has 32 heavy (non-hydrogen) atoms. The normalized spacial score (nSPS) is 15.8. The van der Waals surface area contributed by atoms with E-state index in [0.29, 0.717) is 12.6 Å². The van der Waals surface area contributed by atoms with Crippen molar-refractivity contribution in [2.75, 3.05) is 45.8 Å². The standard InChI is InChI=1S/C25H36N4O3/c1-18-7-6-8-22(13-18)32-19(2)17-27-25(26-3)28-20-9-11-29(12-10-20)21-14-23(30-4)16-24(15-21)31-5/h6-8,13-16,19-20H,9-12,17H2,1-5H3,(H2,26,27,28). The summed E-state index contributed by atoms with van der Waals surface area (Å²) in [4.78, 5) is 6.76. The number of nitrogens with zero attached hydrogens (tertiary/aromatic N) is 2. The Kier molecular flexibility index (Phi) is 8.48. The molecule has 0 amide bonds. The maximum Gasteiger partial charge on any atom is 0.191 e. The van der Waals surface area contributed by atoms with E-state index in [2.05, 4.69) is 58.6 Å². The van der Waals surface area contributed by atoms with Crippen LogP contribution in [0.5, 0.6) is 17.2 Å². The van der Waals surface area contributed by atoms with Crippen molar-refractivity contribution in [2.45, 2.75) is 38.8 Å². The van der Waals surface area contributed by atoms with Crippen LogP contribution in [0.15, 0.2) is 47.5 Å². The van der Waals surface area contributed by atoms with Crippen molar-refractivity contribution in [3.05, 3.63) is 48.0 Å². The molecule has 0 radical (unpaired) electrons. The third-order valence-corrected chi connectivity index (χ3v) is 5.64. The van der Waals surface area contributed by atoms with Crippen molar-refractivity contribution >= 4 is 11.6 Å². The molecule has 3 rings (SSSR count). The fourth-order valence-electron chi connectivity index (χ4n) is 3.85. The molecule has 174 valence electrons. The second-order valence-electron chi connectivity index (χ2n) is 8.17. The molecule has 1 unspecified atom stereocenters. The van der Waals surface area contributed by atoms with Gasteiger partial charge in [0.25, 0.3) is 0 Å². The van der Waals surface area contributed by atoms with Crippen LogP contribution >= 0.6 is 0 Å². The van der Waals surface area contributed by atoms with Gasteiger partial charge in [-0.1, -0.05) is 12.1 Å². The SMILES string of the molecule is CN=C(NCC(C)Oc1cccc(C)c1)NC1CCN(c2cc(OC)cc(OC)c2)CC1. The second kappa shape index (κ2) is 11.5. The van der Waals surface area contributed by atoms with Crippen LogP contribution in [0.4, 0.5) is 5.69 Å². The van der Waals surface area contributed by atoms with Crippen LogP contribution in [-0.4, -0.2) is 59.0 Å². The van der Waals surface area contributed by atoms with E-state index in [-0.39, 0.29) is 6.10 Å². The van der Waals surface area contributed by atoms with Gasteiger partial charge in [-0.3, -0.25) is 4.99 Å². The minimum Gasteiger partial charge on any atom is -0.497 e. The van der Waals surface area contributed by atoms with Crippen LogP contribution in [-0.2, 0) is 0 Å². The highest BCUT2D eigenvalue weighted by Gasteiger charge is 2.21. The predicted octanol–water partition coefficient (Wildman–Crippen LogP) is 3.61. The molecule has 1 aliphatic heterocycles. The Morgan fingerprint density at radius 2 is 1.75 bits per heavy atom. The largest absolute Gasteiger partial charge is 0.497 e. The number of nitrogens with one attached hydrogen (secondary N) is 2. The Balaban J connectivity index is 1.46. The second-order valence-corrected chi connectivity index (χ2v) is 8.17. The molecule has 0 spiro atoms. The molecule has 1 saturated heterocycles. The highest BCUT2D eigenvalue weighted by Crippen LogP contribution is 2.30. The fraction of sp³-hybridized carbons (Fsp3) is 0.480. The number of aryl methyl sites for hydroxylation is 1. The lowest BCUT2D eigenvalue weighted by Gasteiger charge is -2.35. The average molecular weight is 441 g/mol. The molecule has 7 heteroatoms. The third kappa shape index (κ3) is 6.70. The molecule has 0 saturated carbocycles. The molecular formula is C25H36N4O3. The van der Waals surface area contributed by atoms with Gasteiger partial charge in [-0.05, 0) is 44.4 Å². The summed E-state index contributed by atoms with van der Waals surface area (Å²) >= 11 is 0. The van der Waals surface area contributed by atoms with Crippen molar-refractivity contribution in [3.63, 3.8) is 0 Å². The molecule has 7 nitrogen and oxygen atoms in total. The number of piperidine rings is 1. The topological polar surface area (TPSA) is 67.4 Å². The summed E-state index contributed by atoms with van der Waals surface area (Å²) in [6.07, 6.45) is 2.07. The van der Waals surface area contributed by atoms with Crippen LogP contribution in [0.1, 0.15) is 25.3 Å². The smallest absolute Gasteiger partial charge is 0.191 e. The molecule has 0 bridgehead atoms. The zero-order chi connectivity index (χ0) is 22.9. The quantitative estimate of drug-likeness (QED) is 0.483. The Labute approximate surface area is 191 Å². The Morgan fingerprint density at radius 1 is 1.06 bits per heavy atom. The number of anilines is 1. The number of aliphatic imine (C=N–C) groups is 1. The van der Waals surface area contributed by atoms with Gasteiger partial charge in [0.2, 0.25) is 0 Å². The van der Waals surface area contributed by atoms with Gasteiger partial charge >= 0.3 is 0 Å². The Hall–Kier alpha value is -3.09. The van der Waals surface area contributed by atoms with Crippen LogP contribution in [0.25, 0.3) is 0 Å². The lowest BCUT2D eigenvalue weighted by Crippen LogP contribution is -2.50. The molecule has 2 N–H and O–H groups in total. The van der Waals surface area contributed by atoms with Gasteiger partial charge in [-0.2, -0.15) is 0 Å².